The van der Waals surface area contributed by atoms with Crippen molar-refractivity contribution < 1.29 is 14.3 Å². The third-order valence-electron chi connectivity index (χ3n) is 2.15. The van der Waals surface area contributed by atoms with Crippen LogP contribution in [0.1, 0.15) is 27.7 Å². The average Bonchev–Trinajstić information content (AvgIpc) is 2.24. The van der Waals surface area contributed by atoms with E-state index >= 15 is 0 Å². The summed E-state index contributed by atoms with van der Waals surface area (Å²) in [4.78, 5) is 24.3. The molecule has 0 heterocycles. The topological polar surface area (TPSA) is 70.7 Å². The number of alkyl carbamates (subject to hydrolysis) is 1. The van der Waals surface area contributed by atoms with Crippen molar-refractivity contribution in [3.8, 4) is 0 Å². The van der Waals surface area contributed by atoms with Crippen LogP contribution in [0.2, 0.25) is 0 Å². The lowest BCUT2D eigenvalue weighted by molar-refractivity contribution is -0.128. The molecule has 0 aromatic carbocycles. The van der Waals surface area contributed by atoms with E-state index in [4.69, 9.17) is 4.74 Å². The molecule has 6 heteroatoms. The SMILES string of the molecule is CCN(C)C(=O)CNCCNC(=O)OC(C)(C)C. The molecule has 0 aliphatic rings. The Balaban J connectivity index is 3.57. The van der Waals surface area contributed by atoms with Gasteiger partial charge in [0.25, 0.3) is 0 Å². The van der Waals surface area contributed by atoms with Crippen molar-refractivity contribution in [2.24, 2.45) is 0 Å². The molecular formula is C12H25N3O3. The fraction of sp³-hybridized carbons (Fsp3) is 0.833. The zero-order valence-electron chi connectivity index (χ0n) is 12.0. The van der Waals surface area contributed by atoms with E-state index < -0.39 is 11.7 Å². The largest absolute Gasteiger partial charge is 0.444 e. The third-order valence-corrected chi connectivity index (χ3v) is 2.15. The molecule has 0 saturated heterocycles. The van der Waals surface area contributed by atoms with Crippen LogP contribution in [-0.2, 0) is 9.53 Å². The minimum Gasteiger partial charge on any atom is -0.444 e. The maximum atomic E-state index is 11.4. The zero-order valence-corrected chi connectivity index (χ0v) is 12.0. The zero-order chi connectivity index (χ0) is 14.2. The minimum absolute atomic E-state index is 0.0368. The highest BCUT2D eigenvalue weighted by molar-refractivity contribution is 5.77. The van der Waals surface area contributed by atoms with Crippen molar-refractivity contribution >= 4 is 12.0 Å². The fourth-order valence-corrected chi connectivity index (χ4v) is 1.07. The second-order valence-corrected chi connectivity index (χ2v) is 5.01. The first-order valence-corrected chi connectivity index (χ1v) is 6.17. The maximum absolute atomic E-state index is 11.4. The van der Waals surface area contributed by atoms with Crippen molar-refractivity contribution in [1.82, 2.24) is 15.5 Å². The third kappa shape index (κ3) is 8.81. The Bertz CT molecular complexity index is 274. The standard InChI is InChI=1S/C12H25N3O3/c1-6-15(5)10(16)9-13-7-8-14-11(17)18-12(2,3)4/h13H,6-9H2,1-5H3,(H,14,17). The van der Waals surface area contributed by atoms with Crippen LogP contribution in [0.4, 0.5) is 4.79 Å². The second-order valence-electron chi connectivity index (χ2n) is 5.01. The Labute approximate surface area is 109 Å². The summed E-state index contributed by atoms with van der Waals surface area (Å²) < 4.78 is 5.07. The summed E-state index contributed by atoms with van der Waals surface area (Å²) in [5, 5.41) is 5.56. The van der Waals surface area contributed by atoms with E-state index in [1.54, 1.807) is 11.9 Å². The predicted molar refractivity (Wildman–Crippen MR) is 70.4 cm³/mol. The minimum atomic E-state index is -0.489. The van der Waals surface area contributed by atoms with Gasteiger partial charge in [0.2, 0.25) is 5.91 Å². The van der Waals surface area contributed by atoms with Crippen molar-refractivity contribution in [2.45, 2.75) is 33.3 Å². The predicted octanol–water partition coefficient (Wildman–Crippen LogP) is 0.579. The smallest absolute Gasteiger partial charge is 0.407 e. The van der Waals surface area contributed by atoms with E-state index in [0.717, 1.165) is 0 Å². The Morgan fingerprint density at radius 1 is 1.22 bits per heavy atom. The number of hydrogen-bond acceptors (Lipinski definition) is 4. The maximum Gasteiger partial charge on any atom is 0.407 e. The van der Waals surface area contributed by atoms with Crippen molar-refractivity contribution in [2.75, 3.05) is 33.2 Å². The molecule has 0 aliphatic carbocycles. The highest BCUT2D eigenvalue weighted by Crippen LogP contribution is 2.05. The van der Waals surface area contributed by atoms with Crippen LogP contribution in [0, 0.1) is 0 Å². The van der Waals surface area contributed by atoms with Gasteiger partial charge in [0.05, 0.1) is 6.54 Å². The summed E-state index contributed by atoms with van der Waals surface area (Å²) in [5.74, 6) is 0.0368. The average molecular weight is 259 g/mol. The number of nitrogens with one attached hydrogen (secondary N) is 2. The van der Waals surface area contributed by atoms with E-state index in [-0.39, 0.29) is 12.5 Å². The molecule has 2 amide bonds. The number of ether oxygens (including phenoxy) is 1. The van der Waals surface area contributed by atoms with Crippen molar-refractivity contribution in [3.63, 3.8) is 0 Å². The Morgan fingerprint density at radius 3 is 2.33 bits per heavy atom. The quantitative estimate of drug-likeness (QED) is 0.685. The van der Waals surface area contributed by atoms with Gasteiger partial charge in [-0.2, -0.15) is 0 Å². The molecule has 0 fully saturated rings. The van der Waals surface area contributed by atoms with E-state index in [1.165, 1.54) is 0 Å². The summed E-state index contributed by atoms with van der Waals surface area (Å²) in [6, 6.07) is 0. The molecule has 0 bridgehead atoms. The van der Waals surface area contributed by atoms with Gasteiger partial charge in [0.1, 0.15) is 5.60 Å². The van der Waals surface area contributed by atoms with Gasteiger partial charge in [0, 0.05) is 26.7 Å². The number of carbonyl (C=O) groups is 2. The van der Waals surface area contributed by atoms with Crippen LogP contribution >= 0.6 is 0 Å². The lowest BCUT2D eigenvalue weighted by Gasteiger charge is -2.19. The summed E-state index contributed by atoms with van der Waals surface area (Å²) >= 11 is 0. The van der Waals surface area contributed by atoms with Crippen LogP contribution in [-0.4, -0.2) is 55.7 Å². The molecule has 2 N–H and O–H groups in total. The molecule has 0 atom stereocenters. The van der Waals surface area contributed by atoms with Crippen LogP contribution in [0.25, 0.3) is 0 Å². The molecule has 0 spiro atoms. The van der Waals surface area contributed by atoms with E-state index in [0.29, 0.717) is 19.6 Å². The molecule has 0 saturated carbocycles. The number of likely N-dealkylation sites (N-methyl/N-ethyl adjacent to an activating group) is 1. The molecule has 0 unspecified atom stereocenters. The summed E-state index contributed by atoms with van der Waals surface area (Å²) in [6.07, 6.45) is -0.443. The monoisotopic (exact) mass is 259 g/mol. The molecule has 0 aliphatic heterocycles. The Kier molecular flexibility index (Phi) is 7.35. The molecule has 0 rings (SSSR count). The normalized spacial score (nSPS) is 10.9. The van der Waals surface area contributed by atoms with Gasteiger partial charge in [-0.15, -0.1) is 0 Å². The molecule has 0 radical (unpaired) electrons. The molecule has 106 valence electrons. The summed E-state index contributed by atoms with van der Waals surface area (Å²) in [6.45, 7) is 9.28. The Hall–Kier alpha value is -1.30. The molecule has 6 nitrogen and oxygen atoms in total. The number of carbonyl (C=O) groups excluding carboxylic acids is 2. The highest BCUT2D eigenvalue weighted by atomic mass is 16.6. The van der Waals surface area contributed by atoms with Gasteiger partial charge in [-0.1, -0.05) is 0 Å². The van der Waals surface area contributed by atoms with Crippen molar-refractivity contribution in [3.05, 3.63) is 0 Å². The lowest BCUT2D eigenvalue weighted by Crippen LogP contribution is -2.40. The van der Waals surface area contributed by atoms with Crippen LogP contribution in [0.15, 0.2) is 0 Å². The van der Waals surface area contributed by atoms with Crippen LogP contribution < -0.4 is 10.6 Å². The fourth-order valence-electron chi connectivity index (χ4n) is 1.07. The van der Waals surface area contributed by atoms with E-state index in [1.807, 2.05) is 27.7 Å². The molecular weight excluding hydrogens is 234 g/mol. The number of nitrogens with zero attached hydrogens (tertiary/aromatic N) is 1. The van der Waals surface area contributed by atoms with Crippen molar-refractivity contribution in [1.29, 1.82) is 0 Å². The molecule has 0 aromatic rings. The number of rotatable bonds is 6. The first-order chi connectivity index (χ1) is 8.26. The number of amides is 2. The van der Waals surface area contributed by atoms with Gasteiger partial charge in [-0.25, -0.2) is 4.79 Å². The molecule has 0 aromatic heterocycles. The van der Waals surface area contributed by atoms with Gasteiger partial charge >= 0.3 is 6.09 Å². The first-order valence-electron chi connectivity index (χ1n) is 6.17. The van der Waals surface area contributed by atoms with E-state index in [9.17, 15) is 9.59 Å². The molecule has 18 heavy (non-hydrogen) atoms. The Morgan fingerprint density at radius 2 is 1.83 bits per heavy atom. The van der Waals surface area contributed by atoms with Crippen LogP contribution in [0.5, 0.6) is 0 Å². The van der Waals surface area contributed by atoms with Gasteiger partial charge in [0.15, 0.2) is 0 Å². The van der Waals surface area contributed by atoms with Gasteiger partial charge < -0.3 is 20.3 Å². The first kappa shape index (κ1) is 16.7. The summed E-state index contributed by atoms with van der Waals surface area (Å²) in [7, 11) is 1.75. The second kappa shape index (κ2) is 7.92. The van der Waals surface area contributed by atoms with Crippen LogP contribution in [0.3, 0.4) is 0 Å². The highest BCUT2D eigenvalue weighted by Gasteiger charge is 2.15. The van der Waals surface area contributed by atoms with Gasteiger partial charge in [-0.05, 0) is 27.7 Å². The van der Waals surface area contributed by atoms with E-state index in [2.05, 4.69) is 10.6 Å². The number of hydrogen-bond donors (Lipinski definition) is 2. The van der Waals surface area contributed by atoms with Gasteiger partial charge in [-0.3, -0.25) is 4.79 Å². The lowest BCUT2D eigenvalue weighted by atomic mass is 10.2. The summed E-state index contributed by atoms with van der Waals surface area (Å²) in [5.41, 5.74) is -0.489.